The zero-order valence-corrected chi connectivity index (χ0v) is 12.7. The quantitative estimate of drug-likeness (QED) is 0.872. The Labute approximate surface area is 125 Å². The molecular weight excluding hydrogens is 270 g/mol. The van der Waals surface area contributed by atoms with Crippen LogP contribution in [0.2, 0.25) is 0 Å². The summed E-state index contributed by atoms with van der Waals surface area (Å²) in [5, 5.41) is 3.67. The summed E-state index contributed by atoms with van der Waals surface area (Å²) in [6.07, 6.45) is 9.01. The van der Waals surface area contributed by atoms with Crippen LogP contribution >= 0.6 is 11.6 Å². The summed E-state index contributed by atoms with van der Waals surface area (Å²) in [6, 6.07) is 6.07. The van der Waals surface area contributed by atoms with Gasteiger partial charge in [0.05, 0.1) is 5.69 Å². The van der Waals surface area contributed by atoms with Gasteiger partial charge in [0.2, 0.25) is 0 Å². The number of fused-ring (bicyclic) bond motifs is 1. The first-order valence-corrected chi connectivity index (χ1v) is 7.98. The minimum absolute atomic E-state index is 0.101. The number of pyridine rings is 1. The predicted octanol–water partition coefficient (Wildman–Crippen LogP) is 3.61. The van der Waals surface area contributed by atoms with Crippen LogP contribution < -0.4 is 5.32 Å². The van der Waals surface area contributed by atoms with E-state index in [1.807, 2.05) is 24.4 Å². The molecule has 1 N–H and O–H groups in total. The minimum Gasteiger partial charge on any atom is -0.307 e. The van der Waals surface area contributed by atoms with E-state index in [9.17, 15) is 0 Å². The van der Waals surface area contributed by atoms with Gasteiger partial charge in [0.25, 0.3) is 0 Å². The normalized spacial score (nSPS) is 27.0. The Bertz CT molecular complexity index is 537. The summed E-state index contributed by atoms with van der Waals surface area (Å²) in [4.78, 5) is 4.63. The van der Waals surface area contributed by atoms with Gasteiger partial charge in [-0.2, -0.15) is 0 Å². The predicted molar refractivity (Wildman–Crippen MR) is 83.1 cm³/mol. The average molecular weight is 292 g/mol. The lowest BCUT2D eigenvalue weighted by Crippen LogP contribution is -2.49. The Morgan fingerprint density at radius 2 is 2.20 bits per heavy atom. The van der Waals surface area contributed by atoms with Crippen molar-refractivity contribution in [2.45, 2.75) is 44.7 Å². The van der Waals surface area contributed by atoms with Crippen molar-refractivity contribution in [3.8, 4) is 0 Å². The van der Waals surface area contributed by atoms with Gasteiger partial charge in [-0.1, -0.05) is 13.0 Å². The highest BCUT2D eigenvalue weighted by Gasteiger charge is 2.32. The summed E-state index contributed by atoms with van der Waals surface area (Å²) in [7, 11) is 0. The smallest absolute Gasteiger partial charge is 0.137 e. The van der Waals surface area contributed by atoms with E-state index in [0.29, 0.717) is 5.88 Å². The van der Waals surface area contributed by atoms with Crippen molar-refractivity contribution >= 4 is 17.2 Å². The molecule has 0 radical (unpaired) electrons. The number of hydrogen-bond donors (Lipinski definition) is 1. The Balaban J connectivity index is 1.68. The van der Waals surface area contributed by atoms with Gasteiger partial charge in [-0.15, -0.1) is 11.6 Å². The van der Waals surface area contributed by atoms with Gasteiger partial charge in [0, 0.05) is 30.4 Å². The molecule has 1 aliphatic carbocycles. The zero-order chi connectivity index (χ0) is 14.0. The van der Waals surface area contributed by atoms with E-state index >= 15 is 0 Å². The van der Waals surface area contributed by atoms with Crippen LogP contribution in [0.15, 0.2) is 30.6 Å². The number of nitrogens with zero attached hydrogens (tertiary/aromatic N) is 2. The third kappa shape index (κ3) is 2.84. The standard InChI is InChI=1S/C16H22ClN3/c1-13-5-7-16(12-17,8-6-13)18-10-14-11-20-9-3-2-4-15(20)19-14/h2-4,9,11,13,18H,5-8,10,12H2,1H3. The Morgan fingerprint density at radius 3 is 2.90 bits per heavy atom. The molecule has 2 aromatic heterocycles. The second-order valence-corrected chi connectivity index (χ2v) is 6.42. The highest BCUT2D eigenvalue weighted by molar-refractivity contribution is 6.18. The Hall–Kier alpha value is -1.06. The van der Waals surface area contributed by atoms with Crippen molar-refractivity contribution in [3.05, 3.63) is 36.3 Å². The minimum atomic E-state index is 0.101. The van der Waals surface area contributed by atoms with Crippen molar-refractivity contribution in [2.24, 2.45) is 5.92 Å². The number of rotatable bonds is 4. The van der Waals surface area contributed by atoms with Crippen LogP contribution in [0.5, 0.6) is 0 Å². The molecule has 2 aromatic rings. The molecule has 20 heavy (non-hydrogen) atoms. The van der Waals surface area contributed by atoms with Gasteiger partial charge >= 0.3 is 0 Å². The average Bonchev–Trinajstić information content (AvgIpc) is 2.90. The van der Waals surface area contributed by atoms with E-state index in [4.69, 9.17) is 11.6 Å². The van der Waals surface area contributed by atoms with Crippen molar-refractivity contribution in [1.82, 2.24) is 14.7 Å². The van der Waals surface area contributed by atoms with E-state index in [1.165, 1.54) is 25.7 Å². The summed E-state index contributed by atoms with van der Waals surface area (Å²) >= 11 is 6.24. The van der Waals surface area contributed by atoms with Crippen LogP contribution in [-0.2, 0) is 6.54 Å². The van der Waals surface area contributed by atoms with Crippen LogP contribution in [0.4, 0.5) is 0 Å². The molecule has 0 aromatic carbocycles. The summed E-state index contributed by atoms with van der Waals surface area (Å²) in [5.74, 6) is 1.52. The third-order valence-electron chi connectivity index (χ3n) is 4.55. The molecule has 0 unspecified atom stereocenters. The lowest BCUT2D eigenvalue weighted by atomic mass is 9.78. The highest BCUT2D eigenvalue weighted by Crippen LogP contribution is 2.33. The molecule has 0 saturated heterocycles. The molecule has 0 spiro atoms. The first-order chi connectivity index (χ1) is 9.71. The number of nitrogens with one attached hydrogen (secondary N) is 1. The van der Waals surface area contributed by atoms with Gasteiger partial charge in [0.15, 0.2) is 0 Å². The SMILES string of the molecule is CC1CCC(CCl)(NCc2cn3ccccc3n2)CC1. The number of imidazole rings is 1. The number of alkyl halides is 1. The maximum atomic E-state index is 6.24. The van der Waals surface area contributed by atoms with Gasteiger partial charge < -0.3 is 9.72 Å². The largest absolute Gasteiger partial charge is 0.307 e. The van der Waals surface area contributed by atoms with E-state index in [0.717, 1.165) is 23.8 Å². The molecule has 0 amide bonds. The molecule has 0 bridgehead atoms. The van der Waals surface area contributed by atoms with Crippen LogP contribution in [0.25, 0.3) is 5.65 Å². The number of hydrogen-bond acceptors (Lipinski definition) is 2. The van der Waals surface area contributed by atoms with Crippen molar-refractivity contribution in [1.29, 1.82) is 0 Å². The summed E-state index contributed by atoms with van der Waals surface area (Å²) in [6.45, 7) is 3.13. The molecule has 3 rings (SSSR count). The lowest BCUT2D eigenvalue weighted by Gasteiger charge is -2.38. The molecule has 2 heterocycles. The highest BCUT2D eigenvalue weighted by atomic mass is 35.5. The Kier molecular flexibility index (Phi) is 3.99. The molecule has 3 nitrogen and oxygen atoms in total. The van der Waals surface area contributed by atoms with E-state index in [2.05, 4.69) is 27.8 Å². The molecule has 4 heteroatoms. The van der Waals surface area contributed by atoms with Gasteiger partial charge in [0.1, 0.15) is 5.65 Å². The second kappa shape index (κ2) is 5.74. The monoisotopic (exact) mass is 291 g/mol. The fourth-order valence-corrected chi connectivity index (χ4v) is 3.38. The zero-order valence-electron chi connectivity index (χ0n) is 12.0. The van der Waals surface area contributed by atoms with Gasteiger partial charge in [-0.3, -0.25) is 0 Å². The second-order valence-electron chi connectivity index (χ2n) is 6.15. The molecule has 0 aliphatic heterocycles. The summed E-state index contributed by atoms with van der Waals surface area (Å²) < 4.78 is 2.06. The Morgan fingerprint density at radius 1 is 1.40 bits per heavy atom. The van der Waals surface area contributed by atoms with E-state index < -0.39 is 0 Å². The first kappa shape index (κ1) is 13.9. The molecule has 1 fully saturated rings. The van der Waals surface area contributed by atoms with Gasteiger partial charge in [-0.05, 0) is 43.7 Å². The maximum Gasteiger partial charge on any atom is 0.137 e. The van der Waals surface area contributed by atoms with Crippen LogP contribution in [0.1, 0.15) is 38.3 Å². The van der Waals surface area contributed by atoms with Crippen molar-refractivity contribution in [3.63, 3.8) is 0 Å². The molecule has 1 aliphatic rings. The first-order valence-electron chi connectivity index (χ1n) is 7.44. The summed E-state index contributed by atoms with van der Waals surface area (Å²) in [5.41, 5.74) is 2.19. The van der Waals surface area contributed by atoms with E-state index in [1.54, 1.807) is 0 Å². The molecular formula is C16H22ClN3. The maximum absolute atomic E-state index is 6.24. The molecule has 1 saturated carbocycles. The number of halogens is 1. The van der Waals surface area contributed by atoms with Crippen molar-refractivity contribution in [2.75, 3.05) is 5.88 Å². The van der Waals surface area contributed by atoms with Crippen LogP contribution in [-0.4, -0.2) is 20.8 Å². The van der Waals surface area contributed by atoms with E-state index in [-0.39, 0.29) is 5.54 Å². The van der Waals surface area contributed by atoms with Crippen molar-refractivity contribution < 1.29 is 0 Å². The topological polar surface area (TPSA) is 29.3 Å². The van der Waals surface area contributed by atoms with Crippen LogP contribution in [0.3, 0.4) is 0 Å². The molecule has 0 atom stereocenters. The number of aromatic nitrogens is 2. The fraction of sp³-hybridized carbons (Fsp3) is 0.562. The lowest BCUT2D eigenvalue weighted by molar-refractivity contribution is 0.215. The fourth-order valence-electron chi connectivity index (χ4n) is 3.02. The van der Waals surface area contributed by atoms with Crippen LogP contribution in [0, 0.1) is 5.92 Å². The van der Waals surface area contributed by atoms with Gasteiger partial charge in [-0.25, -0.2) is 4.98 Å². The molecule has 108 valence electrons. The third-order valence-corrected chi connectivity index (χ3v) is 5.06.